The highest BCUT2D eigenvalue weighted by Gasteiger charge is 2.16. The van der Waals surface area contributed by atoms with Gasteiger partial charge in [-0.1, -0.05) is 48.5 Å². The number of rotatable bonds is 3. The SMILES string of the molecule is N#Cc1cccc(-c2cc(-c3ccc4c(c3)oc3ccccc34)cc(-c3cccc4oc5ccc(C#N)cc5c34)c2)c1. The van der Waals surface area contributed by atoms with Gasteiger partial charge in [-0.2, -0.15) is 10.5 Å². The van der Waals surface area contributed by atoms with Gasteiger partial charge < -0.3 is 8.83 Å². The van der Waals surface area contributed by atoms with Crippen molar-refractivity contribution < 1.29 is 8.83 Å². The number of nitrogens with zero attached hydrogens (tertiary/aromatic N) is 2. The molecule has 8 aromatic rings. The van der Waals surface area contributed by atoms with E-state index in [2.05, 4.69) is 60.7 Å². The monoisotopic (exact) mass is 536 g/mol. The molecular weight excluding hydrogens is 516 g/mol. The molecule has 0 saturated carbocycles. The zero-order chi connectivity index (χ0) is 28.2. The van der Waals surface area contributed by atoms with Crippen molar-refractivity contribution in [2.75, 3.05) is 0 Å². The number of furan rings is 2. The maximum atomic E-state index is 9.58. The van der Waals surface area contributed by atoms with Crippen molar-refractivity contribution >= 4 is 43.9 Å². The average molecular weight is 537 g/mol. The first-order valence-corrected chi connectivity index (χ1v) is 13.6. The Morgan fingerprint density at radius 2 is 1.07 bits per heavy atom. The molecule has 4 heteroatoms. The molecule has 2 aromatic heterocycles. The van der Waals surface area contributed by atoms with Crippen LogP contribution in [0.15, 0.2) is 130 Å². The van der Waals surface area contributed by atoms with Crippen LogP contribution in [0.3, 0.4) is 0 Å². The zero-order valence-corrected chi connectivity index (χ0v) is 22.3. The van der Waals surface area contributed by atoms with Crippen LogP contribution in [0.2, 0.25) is 0 Å². The van der Waals surface area contributed by atoms with E-state index in [1.54, 1.807) is 6.07 Å². The molecule has 0 aliphatic rings. The van der Waals surface area contributed by atoms with E-state index in [4.69, 9.17) is 8.83 Å². The largest absolute Gasteiger partial charge is 0.456 e. The van der Waals surface area contributed by atoms with Crippen molar-refractivity contribution in [3.8, 4) is 45.5 Å². The molecule has 0 radical (unpaired) electrons. The van der Waals surface area contributed by atoms with E-state index in [1.807, 2.05) is 66.7 Å². The van der Waals surface area contributed by atoms with Gasteiger partial charge >= 0.3 is 0 Å². The predicted molar refractivity (Wildman–Crippen MR) is 167 cm³/mol. The molecule has 8 rings (SSSR count). The molecule has 0 unspecified atom stereocenters. The minimum absolute atomic E-state index is 0.585. The van der Waals surface area contributed by atoms with Gasteiger partial charge in [0.05, 0.1) is 23.3 Å². The number of hydrogen-bond donors (Lipinski definition) is 0. The molecule has 0 aliphatic heterocycles. The fraction of sp³-hybridized carbons (Fsp3) is 0. The lowest BCUT2D eigenvalue weighted by Crippen LogP contribution is -1.88. The summed E-state index contributed by atoms with van der Waals surface area (Å²) in [4.78, 5) is 0. The van der Waals surface area contributed by atoms with Crippen LogP contribution >= 0.6 is 0 Å². The summed E-state index contributed by atoms with van der Waals surface area (Å²) < 4.78 is 12.4. The van der Waals surface area contributed by atoms with Crippen molar-refractivity contribution in [2.24, 2.45) is 0 Å². The van der Waals surface area contributed by atoms with Gasteiger partial charge in [0, 0.05) is 21.5 Å². The summed E-state index contributed by atoms with van der Waals surface area (Å²) in [6, 6.07) is 44.7. The third-order valence-electron chi connectivity index (χ3n) is 7.91. The molecule has 0 amide bonds. The van der Waals surface area contributed by atoms with Crippen molar-refractivity contribution in [1.82, 2.24) is 0 Å². The number of fused-ring (bicyclic) bond motifs is 6. The molecule has 0 saturated heterocycles. The Labute approximate surface area is 240 Å². The van der Waals surface area contributed by atoms with E-state index in [0.29, 0.717) is 11.1 Å². The van der Waals surface area contributed by atoms with Crippen LogP contribution in [0.25, 0.3) is 77.3 Å². The normalized spacial score (nSPS) is 11.3. The van der Waals surface area contributed by atoms with Gasteiger partial charge in [0.2, 0.25) is 0 Å². The Kier molecular flexibility index (Phi) is 5.22. The smallest absolute Gasteiger partial charge is 0.136 e. The van der Waals surface area contributed by atoms with Crippen LogP contribution < -0.4 is 0 Å². The van der Waals surface area contributed by atoms with E-state index < -0.39 is 0 Å². The second kappa shape index (κ2) is 9.24. The summed E-state index contributed by atoms with van der Waals surface area (Å²) in [5, 5.41) is 23.2. The molecular formula is C38H20N2O2. The number of hydrogen-bond acceptors (Lipinski definition) is 4. The van der Waals surface area contributed by atoms with Crippen molar-refractivity contribution in [3.05, 3.63) is 132 Å². The lowest BCUT2D eigenvalue weighted by atomic mass is 9.91. The Balaban J connectivity index is 1.40. The minimum Gasteiger partial charge on any atom is -0.456 e. The fourth-order valence-corrected chi connectivity index (χ4v) is 5.93. The molecule has 42 heavy (non-hydrogen) atoms. The standard InChI is InChI=1S/C38H20N2O2/c39-21-23-5-3-6-25(15-23)27-17-28(26-12-13-32-31-7-1-2-9-34(31)42-37(32)20-26)19-29(18-27)30-8-4-10-36-38(30)33-16-24(22-40)11-14-35(33)41-36/h1-20H. The van der Waals surface area contributed by atoms with Crippen LogP contribution in [0.1, 0.15) is 11.1 Å². The van der Waals surface area contributed by atoms with Crippen LogP contribution in [0.4, 0.5) is 0 Å². The lowest BCUT2D eigenvalue weighted by Gasteiger charge is -2.12. The van der Waals surface area contributed by atoms with Crippen LogP contribution in [-0.4, -0.2) is 0 Å². The zero-order valence-electron chi connectivity index (χ0n) is 22.3. The van der Waals surface area contributed by atoms with Gasteiger partial charge in [-0.05, 0) is 106 Å². The Bertz CT molecular complexity index is 2450. The molecule has 2 heterocycles. The molecule has 0 N–H and O–H groups in total. The van der Waals surface area contributed by atoms with Crippen LogP contribution in [0, 0.1) is 22.7 Å². The highest BCUT2D eigenvalue weighted by molar-refractivity contribution is 6.13. The third kappa shape index (κ3) is 3.75. The molecule has 194 valence electrons. The van der Waals surface area contributed by atoms with Gasteiger partial charge in [-0.25, -0.2) is 0 Å². The fourth-order valence-electron chi connectivity index (χ4n) is 5.93. The maximum absolute atomic E-state index is 9.58. The molecule has 0 spiro atoms. The van der Waals surface area contributed by atoms with E-state index in [1.165, 1.54) is 0 Å². The van der Waals surface area contributed by atoms with E-state index in [0.717, 1.165) is 77.3 Å². The summed E-state index contributed by atoms with van der Waals surface area (Å²) in [5.41, 5.74) is 10.4. The van der Waals surface area contributed by atoms with Gasteiger partial charge in [0.1, 0.15) is 22.3 Å². The number of para-hydroxylation sites is 1. The first kappa shape index (κ1) is 23.8. The molecule has 0 atom stereocenters. The van der Waals surface area contributed by atoms with Gasteiger partial charge in [0.15, 0.2) is 0 Å². The summed E-state index contributed by atoms with van der Waals surface area (Å²) in [5.74, 6) is 0. The predicted octanol–water partition coefficient (Wildman–Crippen LogP) is 10.2. The molecule has 0 aliphatic carbocycles. The summed E-state index contributed by atoms with van der Waals surface area (Å²) in [6.45, 7) is 0. The number of nitriles is 2. The van der Waals surface area contributed by atoms with Crippen LogP contribution in [-0.2, 0) is 0 Å². The van der Waals surface area contributed by atoms with E-state index in [9.17, 15) is 10.5 Å². The lowest BCUT2D eigenvalue weighted by molar-refractivity contribution is 0.668. The molecule has 0 fully saturated rings. The minimum atomic E-state index is 0.585. The first-order chi connectivity index (χ1) is 20.7. The van der Waals surface area contributed by atoms with E-state index in [-0.39, 0.29) is 0 Å². The van der Waals surface area contributed by atoms with Crippen molar-refractivity contribution in [2.45, 2.75) is 0 Å². The highest BCUT2D eigenvalue weighted by atomic mass is 16.3. The van der Waals surface area contributed by atoms with Gasteiger partial charge in [0.25, 0.3) is 0 Å². The number of benzene rings is 6. The van der Waals surface area contributed by atoms with Crippen LogP contribution in [0.5, 0.6) is 0 Å². The average Bonchev–Trinajstić information content (AvgIpc) is 3.62. The second-order valence-electron chi connectivity index (χ2n) is 10.4. The Morgan fingerprint density at radius 1 is 0.405 bits per heavy atom. The maximum Gasteiger partial charge on any atom is 0.136 e. The second-order valence-corrected chi connectivity index (χ2v) is 10.4. The molecule has 0 bridgehead atoms. The third-order valence-corrected chi connectivity index (χ3v) is 7.91. The quantitative estimate of drug-likeness (QED) is 0.225. The van der Waals surface area contributed by atoms with Crippen molar-refractivity contribution in [3.63, 3.8) is 0 Å². The van der Waals surface area contributed by atoms with Gasteiger partial charge in [-0.3, -0.25) is 0 Å². The molecule has 6 aromatic carbocycles. The van der Waals surface area contributed by atoms with Crippen molar-refractivity contribution in [1.29, 1.82) is 10.5 Å². The highest BCUT2D eigenvalue weighted by Crippen LogP contribution is 2.41. The summed E-state index contributed by atoms with van der Waals surface area (Å²) in [6.07, 6.45) is 0. The summed E-state index contributed by atoms with van der Waals surface area (Å²) in [7, 11) is 0. The topological polar surface area (TPSA) is 73.9 Å². The first-order valence-electron chi connectivity index (χ1n) is 13.6. The van der Waals surface area contributed by atoms with Gasteiger partial charge in [-0.15, -0.1) is 0 Å². The Morgan fingerprint density at radius 3 is 1.93 bits per heavy atom. The Hall–Kier alpha value is -6.10. The summed E-state index contributed by atoms with van der Waals surface area (Å²) >= 11 is 0. The van der Waals surface area contributed by atoms with E-state index >= 15 is 0 Å². The molecule has 4 nitrogen and oxygen atoms in total.